The van der Waals surface area contributed by atoms with Gasteiger partial charge in [-0.2, -0.15) is 0 Å². The lowest BCUT2D eigenvalue weighted by Crippen LogP contribution is -2.41. The molecule has 1 fully saturated rings. The standard InChI is InChI=1S/C13H16BClF2O2/c1-12(2)13(3,4)19-14(18-12)10-6-5-8(15)7-9(10)11(16)17/h5-7,11H,1-4H3. The second-order valence-electron chi connectivity index (χ2n) is 5.66. The minimum absolute atomic E-state index is 0.147. The molecule has 0 aliphatic carbocycles. The Balaban J connectivity index is 2.39. The lowest BCUT2D eigenvalue weighted by atomic mass is 9.76. The zero-order valence-corrected chi connectivity index (χ0v) is 12.1. The minimum atomic E-state index is -2.62. The molecule has 0 amide bonds. The number of alkyl halides is 2. The first-order chi connectivity index (χ1) is 8.64. The van der Waals surface area contributed by atoms with Crippen LogP contribution in [0, 0.1) is 0 Å². The number of benzene rings is 1. The van der Waals surface area contributed by atoms with E-state index in [0.717, 1.165) is 0 Å². The van der Waals surface area contributed by atoms with Crippen molar-refractivity contribution in [1.29, 1.82) is 0 Å². The van der Waals surface area contributed by atoms with Crippen LogP contribution in [0.4, 0.5) is 8.78 Å². The fourth-order valence-electron chi connectivity index (χ4n) is 1.92. The average molecular weight is 289 g/mol. The summed E-state index contributed by atoms with van der Waals surface area (Å²) >= 11 is 5.76. The molecule has 0 saturated carbocycles. The molecule has 1 aliphatic rings. The molecule has 104 valence electrons. The van der Waals surface area contributed by atoms with Crippen molar-refractivity contribution in [3.63, 3.8) is 0 Å². The molecule has 1 heterocycles. The SMILES string of the molecule is CC1(C)OB(c2ccc(Cl)cc2C(F)F)OC1(C)C. The summed E-state index contributed by atoms with van der Waals surface area (Å²) in [6.45, 7) is 7.52. The molecule has 0 unspecified atom stereocenters. The van der Waals surface area contributed by atoms with Crippen LogP contribution in [0.5, 0.6) is 0 Å². The maximum Gasteiger partial charge on any atom is 0.495 e. The van der Waals surface area contributed by atoms with Gasteiger partial charge in [0.05, 0.1) is 11.2 Å². The van der Waals surface area contributed by atoms with E-state index in [4.69, 9.17) is 20.9 Å². The normalized spacial score (nSPS) is 21.2. The highest BCUT2D eigenvalue weighted by Gasteiger charge is 2.52. The van der Waals surface area contributed by atoms with Crippen molar-refractivity contribution < 1.29 is 18.1 Å². The Morgan fingerprint density at radius 3 is 2.11 bits per heavy atom. The highest BCUT2D eigenvalue weighted by molar-refractivity contribution is 6.62. The van der Waals surface area contributed by atoms with Crippen LogP contribution in [0.15, 0.2) is 18.2 Å². The summed E-state index contributed by atoms with van der Waals surface area (Å²) in [6, 6.07) is 4.35. The summed E-state index contributed by atoms with van der Waals surface area (Å²) in [6.07, 6.45) is -2.62. The van der Waals surface area contributed by atoms with Gasteiger partial charge in [0.1, 0.15) is 0 Å². The molecule has 0 bridgehead atoms. The molecule has 2 nitrogen and oxygen atoms in total. The van der Waals surface area contributed by atoms with Crippen molar-refractivity contribution in [1.82, 2.24) is 0 Å². The van der Waals surface area contributed by atoms with Gasteiger partial charge in [0.2, 0.25) is 0 Å². The van der Waals surface area contributed by atoms with Crippen LogP contribution in [0.25, 0.3) is 0 Å². The molecule has 2 rings (SSSR count). The molecular weight excluding hydrogens is 272 g/mol. The highest BCUT2D eigenvalue weighted by atomic mass is 35.5. The maximum absolute atomic E-state index is 13.1. The van der Waals surface area contributed by atoms with E-state index < -0.39 is 24.7 Å². The third-order valence-electron chi connectivity index (χ3n) is 3.79. The van der Waals surface area contributed by atoms with Gasteiger partial charge >= 0.3 is 7.12 Å². The summed E-state index contributed by atoms with van der Waals surface area (Å²) in [5.74, 6) is 0. The van der Waals surface area contributed by atoms with Crippen LogP contribution in [0.1, 0.15) is 39.7 Å². The van der Waals surface area contributed by atoms with E-state index in [1.807, 2.05) is 27.7 Å². The molecular formula is C13H16BClF2O2. The summed E-state index contributed by atoms with van der Waals surface area (Å²) in [4.78, 5) is 0. The van der Waals surface area contributed by atoms with Gasteiger partial charge in [0.25, 0.3) is 6.43 Å². The van der Waals surface area contributed by atoms with Gasteiger partial charge in [-0.3, -0.25) is 0 Å². The fraction of sp³-hybridized carbons (Fsp3) is 0.538. The third kappa shape index (κ3) is 2.64. The zero-order valence-electron chi connectivity index (χ0n) is 11.3. The second-order valence-corrected chi connectivity index (χ2v) is 6.10. The van der Waals surface area contributed by atoms with Crippen LogP contribution in [0.3, 0.4) is 0 Å². The van der Waals surface area contributed by atoms with E-state index in [0.29, 0.717) is 5.46 Å². The molecule has 1 aromatic rings. The van der Waals surface area contributed by atoms with Gasteiger partial charge in [-0.25, -0.2) is 8.78 Å². The fourth-order valence-corrected chi connectivity index (χ4v) is 2.10. The topological polar surface area (TPSA) is 18.5 Å². The Bertz CT molecular complexity index is 476. The van der Waals surface area contributed by atoms with E-state index in [1.54, 1.807) is 6.07 Å². The smallest absolute Gasteiger partial charge is 0.399 e. The van der Waals surface area contributed by atoms with Crippen LogP contribution in [-0.4, -0.2) is 18.3 Å². The molecule has 0 radical (unpaired) electrons. The number of hydrogen-bond donors (Lipinski definition) is 0. The van der Waals surface area contributed by atoms with Gasteiger partial charge in [0, 0.05) is 10.6 Å². The first-order valence-electron chi connectivity index (χ1n) is 6.07. The predicted molar refractivity (Wildman–Crippen MR) is 72.1 cm³/mol. The van der Waals surface area contributed by atoms with E-state index in [9.17, 15) is 8.78 Å². The first-order valence-corrected chi connectivity index (χ1v) is 6.45. The van der Waals surface area contributed by atoms with Crippen LogP contribution in [0.2, 0.25) is 5.02 Å². The maximum atomic E-state index is 13.1. The summed E-state index contributed by atoms with van der Waals surface area (Å²) in [7, 11) is -0.800. The van der Waals surface area contributed by atoms with Crippen molar-refractivity contribution in [3.05, 3.63) is 28.8 Å². The van der Waals surface area contributed by atoms with E-state index in [1.165, 1.54) is 12.1 Å². The van der Waals surface area contributed by atoms with E-state index in [-0.39, 0.29) is 10.6 Å². The van der Waals surface area contributed by atoms with Gasteiger partial charge in [-0.15, -0.1) is 0 Å². The molecule has 0 atom stereocenters. The quantitative estimate of drug-likeness (QED) is 0.775. The Morgan fingerprint density at radius 2 is 1.63 bits per heavy atom. The zero-order chi connectivity index (χ0) is 14.4. The monoisotopic (exact) mass is 288 g/mol. The molecule has 1 saturated heterocycles. The Morgan fingerprint density at radius 1 is 1.11 bits per heavy atom. The summed E-state index contributed by atoms with van der Waals surface area (Å²) in [5.41, 5.74) is -0.933. The highest BCUT2D eigenvalue weighted by Crippen LogP contribution is 2.37. The predicted octanol–water partition coefficient (Wildman–Crippen LogP) is 3.58. The molecule has 6 heteroatoms. The van der Waals surface area contributed by atoms with Crippen LogP contribution < -0.4 is 5.46 Å². The van der Waals surface area contributed by atoms with E-state index >= 15 is 0 Å². The average Bonchev–Trinajstić information content (AvgIpc) is 2.47. The first kappa shape index (κ1) is 14.8. The van der Waals surface area contributed by atoms with E-state index in [2.05, 4.69) is 0 Å². The molecule has 0 spiro atoms. The Hall–Kier alpha value is -0.645. The summed E-state index contributed by atoms with van der Waals surface area (Å²) < 4.78 is 37.7. The van der Waals surface area contributed by atoms with Gasteiger partial charge in [-0.1, -0.05) is 17.7 Å². The molecule has 0 aromatic heterocycles. The lowest BCUT2D eigenvalue weighted by molar-refractivity contribution is 0.00578. The Kier molecular flexibility index (Phi) is 3.67. The molecule has 19 heavy (non-hydrogen) atoms. The number of rotatable bonds is 2. The van der Waals surface area contributed by atoms with Crippen molar-refractivity contribution in [3.8, 4) is 0 Å². The van der Waals surface area contributed by atoms with Crippen molar-refractivity contribution in [2.24, 2.45) is 0 Å². The van der Waals surface area contributed by atoms with Crippen LogP contribution in [-0.2, 0) is 9.31 Å². The minimum Gasteiger partial charge on any atom is -0.399 e. The van der Waals surface area contributed by atoms with Crippen molar-refractivity contribution in [2.45, 2.75) is 45.3 Å². The number of hydrogen-bond acceptors (Lipinski definition) is 2. The second kappa shape index (κ2) is 4.72. The molecule has 0 N–H and O–H groups in total. The molecule has 1 aliphatic heterocycles. The summed E-state index contributed by atoms with van der Waals surface area (Å²) in [5, 5.41) is 0.274. The number of halogens is 3. The van der Waals surface area contributed by atoms with Gasteiger partial charge in [-0.05, 0) is 45.3 Å². The largest absolute Gasteiger partial charge is 0.495 e. The third-order valence-corrected chi connectivity index (χ3v) is 4.03. The van der Waals surface area contributed by atoms with Crippen molar-refractivity contribution >= 4 is 24.2 Å². The molecule has 1 aromatic carbocycles. The van der Waals surface area contributed by atoms with Gasteiger partial charge < -0.3 is 9.31 Å². The lowest BCUT2D eigenvalue weighted by Gasteiger charge is -2.32. The van der Waals surface area contributed by atoms with Gasteiger partial charge in [0.15, 0.2) is 0 Å². The van der Waals surface area contributed by atoms with Crippen LogP contribution >= 0.6 is 11.6 Å². The Labute approximate surface area is 117 Å². The van der Waals surface area contributed by atoms with Crippen molar-refractivity contribution in [2.75, 3.05) is 0 Å².